The fourth-order valence-corrected chi connectivity index (χ4v) is 4.61. The summed E-state index contributed by atoms with van der Waals surface area (Å²) in [6, 6.07) is 6.65. The predicted molar refractivity (Wildman–Crippen MR) is 93.4 cm³/mol. The van der Waals surface area contributed by atoms with Crippen LogP contribution in [0, 0.1) is 0 Å². The summed E-state index contributed by atoms with van der Waals surface area (Å²) in [5, 5.41) is 3.08. The van der Waals surface area contributed by atoms with Gasteiger partial charge in [0.05, 0.1) is 20.9 Å². The van der Waals surface area contributed by atoms with Gasteiger partial charge in [0.25, 0.3) is 6.43 Å². The van der Waals surface area contributed by atoms with Gasteiger partial charge in [-0.25, -0.2) is 17.2 Å². The molecule has 1 aliphatic heterocycles. The number of anilines is 1. The van der Waals surface area contributed by atoms with Crippen LogP contribution >= 0.6 is 0 Å². The van der Waals surface area contributed by atoms with E-state index in [-0.39, 0.29) is 5.69 Å². The molecule has 0 aliphatic carbocycles. The lowest BCUT2D eigenvalue weighted by Crippen LogP contribution is -2.44. The average molecular weight is 420 g/mol. The summed E-state index contributed by atoms with van der Waals surface area (Å²) < 4.78 is 91.7. The van der Waals surface area contributed by atoms with Crippen LogP contribution in [0.4, 0.5) is 27.6 Å². The normalized spacial score (nSPS) is 15.9. The number of hydrogen-bond acceptors (Lipinski definition) is 4. The minimum atomic E-state index is -4.63. The number of nitrogens with one attached hydrogen (secondary N) is 1. The van der Waals surface area contributed by atoms with Gasteiger partial charge in [0.1, 0.15) is 0 Å². The molecule has 0 spiro atoms. The molecule has 0 radical (unpaired) electrons. The molecule has 1 aliphatic rings. The van der Waals surface area contributed by atoms with Crippen molar-refractivity contribution >= 4 is 15.5 Å². The summed E-state index contributed by atoms with van der Waals surface area (Å²) in [7, 11) is -4.43. The zero-order chi connectivity index (χ0) is 20.5. The average Bonchev–Trinajstić information content (AvgIpc) is 2.67. The smallest absolute Gasteiger partial charge is 0.369 e. The maximum Gasteiger partial charge on any atom is 0.416 e. The van der Waals surface area contributed by atoms with Crippen LogP contribution in [0.5, 0.6) is 0 Å². The molecule has 10 heteroatoms. The van der Waals surface area contributed by atoms with E-state index < -0.39 is 43.4 Å². The van der Waals surface area contributed by atoms with Crippen molar-refractivity contribution in [3.63, 3.8) is 0 Å². The third kappa shape index (κ3) is 3.97. The third-order valence-corrected chi connectivity index (χ3v) is 6.33. The molecule has 1 saturated heterocycles. The SMILES string of the molecule is O=S(=O)(c1ccc(C(F)(F)F)cc1)c1cccc(N2CCNCC2)c1C(F)F. The van der Waals surface area contributed by atoms with E-state index in [1.807, 2.05) is 0 Å². The molecule has 1 fully saturated rings. The minimum absolute atomic E-state index is 0.115. The number of nitrogens with zero attached hydrogens (tertiary/aromatic N) is 1. The Morgan fingerprint density at radius 1 is 0.964 bits per heavy atom. The van der Waals surface area contributed by atoms with Crippen molar-refractivity contribution in [3.05, 3.63) is 53.6 Å². The van der Waals surface area contributed by atoms with E-state index in [1.165, 1.54) is 12.1 Å². The Morgan fingerprint density at radius 2 is 1.57 bits per heavy atom. The largest absolute Gasteiger partial charge is 0.416 e. The molecule has 1 N–H and O–H groups in total. The molecule has 0 unspecified atom stereocenters. The Balaban J connectivity index is 2.08. The molecule has 2 aromatic rings. The van der Waals surface area contributed by atoms with Crippen molar-refractivity contribution in [1.29, 1.82) is 0 Å². The van der Waals surface area contributed by atoms with Crippen molar-refractivity contribution in [3.8, 4) is 0 Å². The summed E-state index contributed by atoms with van der Waals surface area (Å²) >= 11 is 0. The van der Waals surface area contributed by atoms with Crippen molar-refractivity contribution in [1.82, 2.24) is 5.32 Å². The van der Waals surface area contributed by atoms with Crippen LogP contribution in [0.15, 0.2) is 52.3 Å². The number of piperazine rings is 1. The molecule has 0 amide bonds. The van der Waals surface area contributed by atoms with Crippen LogP contribution in [0.3, 0.4) is 0 Å². The van der Waals surface area contributed by atoms with Gasteiger partial charge in [0, 0.05) is 31.9 Å². The van der Waals surface area contributed by atoms with Crippen molar-refractivity contribution in [2.45, 2.75) is 22.4 Å². The monoisotopic (exact) mass is 420 g/mol. The Bertz CT molecular complexity index is 937. The van der Waals surface area contributed by atoms with Crippen molar-refractivity contribution in [2.75, 3.05) is 31.1 Å². The molecule has 3 rings (SSSR count). The molecule has 28 heavy (non-hydrogen) atoms. The highest BCUT2D eigenvalue weighted by Crippen LogP contribution is 2.38. The molecule has 0 aromatic heterocycles. The van der Waals surface area contributed by atoms with E-state index in [4.69, 9.17) is 0 Å². The van der Waals surface area contributed by atoms with Gasteiger partial charge in [-0.15, -0.1) is 0 Å². The Labute approximate surface area is 158 Å². The minimum Gasteiger partial charge on any atom is -0.369 e. The molecule has 152 valence electrons. The Hall–Kier alpha value is -2.20. The highest BCUT2D eigenvalue weighted by Gasteiger charge is 2.33. The molecule has 0 atom stereocenters. The number of sulfone groups is 1. The van der Waals surface area contributed by atoms with Gasteiger partial charge in [-0.3, -0.25) is 0 Å². The fourth-order valence-electron chi connectivity index (χ4n) is 3.12. The van der Waals surface area contributed by atoms with E-state index in [0.29, 0.717) is 38.3 Å². The van der Waals surface area contributed by atoms with Gasteiger partial charge >= 0.3 is 6.18 Å². The van der Waals surface area contributed by atoms with Crippen LogP contribution in [0.2, 0.25) is 0 Å². The second kappa shape index (κ2) is 7.67. The van der Waals surface area contributed by atoms with Gasteiger partial charge in [-0.1, -0.05) is 6.07 Å². The predicted octanol–water partition coefficient (Wildman–Crippen LogP) is 3.89. The van der Waals surface area contributed by atoms with Crippen molar-refractivity contribution < 1.29 is 30.4 Å². The molecule has 1 heterocycles. The maximum atomic E-state index is 13.9. The van der Waals surface area contributed by atoms with E-state index in [1.54, 1.807) is 4.90 Å². The maximum absolute atomic E-state index is 13.9. The number of benzene rings is 2. The molecule has 2 aromatic carbocycles. The standard InChI is InChI=1S/C18H17F5N2O2S/c19-17(20)16-14(25-10-8-24-9-11-25)2-1-3-15(16)28(26,27)13-6-4-12(5-7-13)18(21,22)23/h1-7,17,24H,8-11H2. The second-order valence-corrected chi connectivity index (χ2v) is 8.17. The van der Waals surface area contributed by atoms with E-state index in [2.05, 4.69) is 5.32 Å². The molecular formula is C18H17F5N2O2S. The van der Waals surface area contributed by atoms with Crippen LogP contribution in [-0.2, 0) is 16.0 Å². The summed E-state index contributed by atoms with van der Waals surface area (Å²) in [6.45, 7) is 2.00. The van der Waals surface area contributed by atoms with Gasteiger partial charge in [0.2, 0.25) is 9.84 Å². The third-order valence-electron chi connectivity index (χ3n) is 4.50. The summed E-state index contributed by atoms with van der Waals surface area (Å²) in [5.74, 6) is 0. The lowest BCUT2D eigenvalue weighted by atomic mass is 10.1. The zero-order valence-corrected chi connectivity index (χ0v) is 15.3. The molecular weight excluding hydrogens is 403 g/mol. The molecule has 0 saturated carbocycles. The number of alkyl halides is 5. The second-order valence-electron chi connectivity index (χ2n) is 6.25. The van der Waals surface area contributed by atoms with E-state index in [0.717, 1.165) is 18.2 Å². The highest BCUT2D eigenvalue weighted by atomic mass is 32.2. The first-order valence-electron chi connectivity index (χ1n) is 8.41. The van der Waals surface area contributed by atoms with Crippen LogP contribution in [0.1, 0.15) is 17.6 Å². The lowest BCUT2D eigenvalue weighted by Gasteiger charge is -2.31. The van der Waals surface area contributed by atoms with Crippen LogP contribution in [-0.4, -0.2) is 34.6 Å². The van der Waals surface area contributed by atoms with Gasteiger partial charge in [-0.2, -0.15) is 13.2 Å². The van der Waals surface area contributed by atoms with Gasteiger partial charge in [-0.05, 0) is 36.4 Å². The fraction of sp³-hybridized carbons (Fsp3) is 0.333. The first-order valence-corrected chi connectivity index (χ1v) is 9.90. The van der Waals surface area contributed by atoms with E-state index >= 15 is 0 Å². The van der Waals surface area contributed by atoms with Gasteiger partial charge in [0.15, 0.2) is 0 Å². The van der Waals surface area contributed by atoms with Crippen molar-refractivity contribution in [2.24, 2.45) is 0 Å². The van der Waals surface area contributed by atoms with Gasteiger partial charge < -0.3 is 10.2 Å². The molecule has 0 bridgehead atoms. The van der Waals surface area contributed by atoms with Crippen LogP contribution < -0.4 is 10.2 Å². The summed E-state index contributed by atoms with van der Waals surface area (Å²) in [6.07, 6.45) is -7.69. The lowest BCUT2D eigenvalue weighted by molar-refractivity contribution is -0.137. The topological polar surface area (TPSA) is 49.4 Å². The quantitative estimate of drug-likeness (QED) is 0.763. The first-order chi connectivity index (χ1) is 13.1. The number of rotatable bonds is 4. The Morgan fingerprint density at radius 3 is 2.11 bits per heavy atom. The number of halogens is 5. The summed E-state index contributed by atoms with van der Waals surface area (Å²) in [5.41, 5.74) is -1.54. The summed E-state index contributed by atoms with van der Waals surface area (Å²) in [4.78, 5) is 0.599. The number of hydrogen-bond donors (Lipinski definition) is 1. The zero-order valence-electron chi connectivity index (χ0n) is 14.5. The van der Waals surface area contributed by atoms with Crippen LogP contribution in [0.25, 0.3) is 0 Å². The van der Waals surface area contributed by atoms with E-state index in [9.17, 15) is 30.4 Å². The Kier molecular flexibility index (Phi) is 5.62. The molecule has 4 nitrogen and oxygen atoms in total. The highest BCUT2D eigenvalue weighted by molar-refractivity contribution is 7.91. The first kappa shape index (κ1) is 20.5.